The zero-order valence-electron chi connectivity index (χ0n) is 13.7. The SMILES string of the molecule is CC1NCCCC1NC(=O)c1sccc1S(=O)(=O)N1CCCC1.Cl. The zero-order chi connectivity index (χ0) is 16.4. The Kier molecular flexibility index (Phi) is 6.66. The molecule has 2 saturated heterocycles. The van der Waals surface area contributed by atoms with Gasteiger partial charge in [0.1, 0.15) is 9.77 Å². The van der Waals surface area contributed by atoms with Crippen molar-refractivity contribution in [2.45, 2.75) is 49.6 Å². The predicted molar refractivity (Wildman–Crippen MR) is 97.5 cm³/mol. The Balaban J connectivity index is 0.00000208. The lowest BCUT2D eigenvalue weighted by atomic mass is 10.00. The van der Waals surface area contributed by atoms with Crippen molar-refractivity contribution in [1.82, 2.24) is 14.9 Å². The summed E-state index contributed by atoms with van der Waals surface area (Å²) in [4.78, 5) is 13.0. The molecule has 2 unspecified atom stereocenters. The normalized spacial score (nSPS) is 25.2. The van der Waals surface area contributed by atoms with E-state index in [0.717, 1.165) is 32.2 Å². The molecule has 2 fully saturated rings. The summed E-state index contributed by atoms with van der Waals surface area (Å²) in [5.41, 5.74) is 0. The lowest BCUT2D eigenvalue weighted by Crippen LogP contribution is -2.52. The van der Waals surface area contributed by atoms with Gasteiger partial charge in [-0.05, 0) is 50.6 Å². The molecule has 0 bridgehead atoms. The van der Waals surface area contributed by atoms with Crippen molar-refractivity contribution in [1.29, 1.82) is 0 Å². The number of nitrogens with zero attached hydrogens (tertiary/aromatic N) is 1. The van der Waals surface area contributed by atoms with Gasteiger partial charge in [-0.1, -0.05) is 0 Å². The Morgan fingerprint density at radius 2 is 2.04 bits per heavy atom. The van der Waals surface area contributed by atoms with Crippen LogP contribution in [-0.2, 0) is 10.0 Å². The van der Waals surface area contributed by atoms with Crippen LogP contribution in [0.2, 0.25) is 0 Å². The molecule has 0 aliphatic carbocycles. The van der Waals surface area contributed by atoms with Crippen molar-refractivity contribution < 1.29 is 13.2 Å². The molecule has 2 aliphatic heterocycles. The minimum atomic E-state index is -3.56. The molecule has 3 rings (SSSR count). The molecule has 1 amide bonds. The van der Waals surface area contributed by atoms with Crippen LogP contribution in [-0.4, -0.2) is 50.3 Å². The van der Waals surface area contributed by atoms with Crippen molar-refractivity contribution in [3.8, 4) is 0 Å². The van der Waals surface area contributed by atoms with Gasteiger partial charge in [-0.2, -0.15) is 4.31 Å². The van der Waals surface area contributed by atoms with Gasteiger partial charge in [0.05, 0.1) is 0 Å². The van der Waals surface area contributed by atoms with Crippen molar-refractivity contribution in [3.05, 3.63) is 16.3 Å². The highest BCUT2D eigenvalue weighted by Gasteiger charge is 2.33. The molecule has 0 spiro atoms. The number of amides is 1. The second-order valence-electron chi connectivity index (χ2n) is 6.19. The Hall–Kier alpha value is -0.670. The molecule has 2 N–H and O–H groups in total. The van der Waals surface area contributed by atoms with Crippen LogP contribution in [0.5, 0.6) is 0 Å². The molecular formula is C15H24ClN3O3S2. The fourth-order valence-corrected chi connectivity index (χ4v) is 6.03. The molecule has 9 heteroatoms. The van der Waals surface area contributed by atoms with Crippen molar-refractivity contribution in [3.63, 3.8) is 0 Å². The van der Waals surface area contributed by atoms with E-state index in [1.165, 1.54) is 15.6 Å². The van der Waals surface area contributed by atoms with E-state index in [-0.39, 0.29) is 35.3 Å². The van der Waals surface area contributed by atoms with Gasteiger partial charge in [0, 0.05) is 25.2 Å². The molecule has 2 aliphatic rings. The maximum atomic E-state index is 12.7. The minimum absolute atomic E-state index is 0. The van der Waals surface area contributed by atoms with Gasteiger partial charge in [-0.3, -0.25) is 4.79 Å². The highest BCUT2D eigenvalue weighted by Crippen LogP contribution is 2.27. The van der Waals surface area contributed by atoms with Crippen LogP contribution in [0.4, 0.5) is 0 Å². The van der Waals surface area contributed by atoms with Crippen LogP contribution in [0.1, 0.15) is 42.3 Å². The lowest BCUT2D eigenvalue weighted by Gasteiger charge is -2.30. The predicted octanol–water partition coefficient (Wildman–Crippen LogP) is 1.82. The summed E-state index contributed by atoms with van der Waals surface area (Å²) in [7, 11) is -3.56. The van der Waals surface area contributed by atoms with E-state index in [2.05, 4.69) is 10.6 Å². The average molecular weight is 394 g/mol. The molecule has 24 heavy (non-hydrogen) atoms. The molecule has 3 heterocycles. The summed E-state index contributed by atoms with van der Waals surface area (Å²) in [5.74, 6) is -0.279. The summed E-state index contributed by atoms with van der Waals surface area (Å²) in [5, 5.41) is 8.02. The highest BCUT2D eigenvalue weighted by atomic mass is 35.5. The van der Waals surface area contributed by atoms with Gasteiger partial charge in [0.2, 0.25) is 10.0 Å². The summed E-state index contributed by atoms with van der Waals surface area (Å²) < 4.78 is 26.9. The summed E-state index contributed by atoms with van der Waals surface area (Å²) in [6, 6.07) is 1.79. The Bertz CT molecular complexity index is 671. The first-order valence-corrected chi connectivity index (χ1v) is 10.4. The van der Waals surface area contributed by atoms with Crippen LogP contribution in [0, 0.1) is 0 Å². The number of nitrogens with one attached hydrogen (secondary N) is 2. The van der Waals surface area contributed by atoms with E-state index >= 15 is 0 Å². The first-order chi connectivity index (χ1) is 11.0. The van der Waals surface area contributed by atoms with E-state index in [1.807, 2.05) is 6.92 Å². The van der Waals surface area contributed by atoms with Crippen molar-refractivity contribution in [2.75, 3.05) is 19.6 Å². The van der Waals surface area contributed by atoms with E-state index in [0.29, 0.717) is 18.0 Å². The Morgan fingerprint density at radius 1 is 1.33 bits per heavy atom. The number of thiophene rings is 1. The minimum Gasteiger partial charge on any atom is -0.347 e. The lowest BCUT2D eigenvalue weighted by molar-refractivity contribution is 0.0921. The monoisotopic (exact) mass is 393 g/mol. The average Bonchev–Trinajstić information content (AvgIpc) is 3.21. The van der Waals surface area contributed by atoms with E-state index in [4.69, 9.17) is 0 Å². The molecule has 136 valence electrons. The fourth-order valence-electron chi connectivity index (χ4n) is 3.21. The number of carbonyl (C=O) groups is 1. The second kappa shape index (κ2) is 8.14. The summed E-state index contributed by atoms with van der Waals surface area (Å²) >= 11 is 1.19. The standard InChI is InChI=1S/C15H23N3O3S2.ClH/c1-11-12(5-4-7-16-11)17-15(19)14-13(6-10-22-14)23(20,21)18-8-2-3-9-18;/h6,10-12,16H,2-5,7-9H2,1H3,(H,17,19);1H. The van der Waals surface area contributed by atoms with Gasteiger partial charge in [0.15, 0.2) is 0 Å². The maximum absolute atomic E-state index is 12.7. The molecule has 0 aromatic carbocycles. The first-order valence-electron chi connectivity index (χ1n) is 8.12. The molecular weight excluding hydrogens is 370 g/mol. The highest BCUT2D eigenvalue weighted by molar-refractivity contribution is 7.89. The van der Waals surface area contributed by atoms with Gasteiger partial charge in [0.25, 0.3) is 5.91 Å². The fraction of sp³-hybridized carbons (Fsp3) is 0.667. The van der Waals surface area contributed by atoms with Crippen LogP contribution < -0.4 is 10.6 Å². The number of piperidine rings is 1. The smallest absolute Gasteiger partial charge is 0.263 e. The number of hydrogen-bond acceptors (Lipinski definition) is 5. The molecule has 2 atom stereocenters. The molecule has 6 nitrogen and oxygen atoms in total. The third kappa shape index (κ3) is 3.94. The van der Waals surface area contributed by atoms with Crippen molar-refractivity contribution >= 4 is 39.7 Å². The number of hydrogen-bond donors (Lipinski definition) is 2. The first kappa shape index (κ1) is 19.7. The quantitative estimate of drug-likeness (QED) is 0.817. The van der Waals surface area contributed by atoms with E-state index in [9.17, 15) is 13.2 Å². The van der Waals surface area contributed by atoms with Crippen LogP contribution in [0.3, 0.4) is 0 Å². The topological polar surface area (TPSA) is 78.5 Å². The van der Waals surface area contributed by atoms with Gasteiger partial charge < -0.3 is 10.6 Å². The molecule has 1 aromatic rings. The third-order valence-corrected chi connectivity index (χ3v) is 7.58. The molecule has 0 saturated carbocycles. The summed E-state index contributed by atoms with van der Waals surface area (Å²) in [6.45, 7) is 4.09. The Labute approximate surface area is 153 Å². The summed E-state index contributed by atoms with van der Waals surface area (Å²) in [6.07, 6.45) is 3.70. The van der Waals surface area contributed by atoms with Gasteiger partial charge in [-0.15, -0.1) is 23.7 Å². The van der Waals surface area contributed by atoms with Gasteiger partial charge in [-0.25, -0.2) is 8.42 Å². The van der Waals surface area contributed by atoms with Crippen LogP contribution in [0.25, 0.3) is 0 Å². The third-order valence-electron chi connectivity index (χ3n) is 4.60. The number of carbonyl (C=O) groups excluding carboxylic acids is 1. The van der Waals surface area contributed by atoms with Crippen molar-refractivity contribution in [2.24, 2.45) is 0 Å². The molecule has 0 radical (unpaired) electrons. The van der Waals surface area contributed by atoms with Crippen LogP contribution in [0.15, 0.2) is 16.3 Å². The number of halogens is 1. The number of sulfonamides is 1. The van der Waals surface area contributed by atoms with E-state index < -0.39 is 10.0 Å². The van der Waals surface area contributed by atoms with Gasteiger partial charge >= 0.3 is 0 Å². The van der Waals surface area contributed by atoms with Crippen LogP contribution >= 0.6 is 23.7 Å². The maximum Gasteiger partial charge on any atom is 0.263 e. The largest absolute Gasteiger partial charge is 0.347 e. The second-order valence-corrected chi connectivity index (χ2v) is 9.01. The zero-order valence-corrected chi connectivity index (χ0v) is 16.1. The van der Waals surface area contributed by atoms with E-state index in [1.54, 1.807) is 11.4 Å². The Morgan fingerprint density at radius 3 is 2.71 bits per heavy atom. The molecule has 1 aromatic heterocycles. The number of rotatable bonds is 4.